The minimum Gasteiger partial charge on any atom is -0.351 e. The molecule has 6 heteroatoms. The van der Waals surface area contributed by atoms with Crippen molar-refractivity contribution in [2.24, 2.45) is 17.3 Å². The summed E-state index contributed by atoms with van der Waals surface area (Å²) in [5.74, 6) is 1.07. The van der Waals surface area contributed by atoms with Crippen LogP contribution in [0.5, 0.6) is 0 Å². The van der Waals surface area contributed by atoms with Gasteiger partial charge in [-0.25, -0.2) is 10.3 Å². The van der Waals surface area contributed by atoms with Crippen molar-refractivity contribution < 1.29 is 19.2 Å². The maximum absolute atomic E-state index is 13.0. The van der Waals surface area contributed by atoms with Crippen LogP contribution in [0.25, 0.3) is 0 Å². The fraction of sp³-hybridized carbons (Fsp3) is 0.889. The zero-order chi connectivity index (χ0) is 16.8. The largest absolute Gasteiger partial charge is 0.351 e. The second-order valence-corrected chi connectivity index (χ2v) is 8.55. The summed E-state index contributed by atoms with van der Waals surface area (Å²) >= 11 is 0. The summed E-state index contributed by atoms with van der Waals surface area (Å²) < 4.78 is 5.53. The van der Waals surface area contributed by atoms with Crippen molar-refractivity contribution in [2.45, 2.75) is 76.5 Å². The number of amides is 2. The van der Waals surface area contributed by atoms with Crippen LogP contribution >= 0.6 is 0 Å². The number of carbonyl (C=O) groups is 2. The van der Waals surface area contributed by atoms with Crippen LogP contribution in [0.4, 0.5) is 0 Å². The van der Waals surface area contributed by atoms with Gasteiger partial charge in [0.05, 0.1) is 5.41 Å². The molecule has 5 fully saturated rings. The number of hydrogen-bond acceptors (Lipinski definition) is 4. The highest BCUT2D eigenvalue weighted by Gasteiger charge is 2.61. The Morgan fingerprint density at radius 1 is 1.12 bits per heavy atom. The number of hydrogen-bond donors (Lipinski definition) is 2. The summed E-state index contributed by atoms with van der Waals surface area (Å²) in [6.07, 6.45) is 8.46. The standard InChI is InChI=1S/C18H28N2O4/c1-12(21)19-18-9-13-6-14(10-18)8-17(7-13,11-18)16(22)20-24-15-4-2-3-5-23-15/h13-15H,2-11H2,1H3,(H,19,21)(H,20,22). The van der Waals surface area contributed by atoms with E-state index in [1.807, 2.05) is 0 Å². The van der Waals surface area contributed by atoms with Crippen molar-refractivity contribution in [1.82, 2.24) is 10.8 Å². The van der Waals surface area contributed by atoms with Crippen molar-refractivity contribution in [3.63, 3.8) is 0 Å². The van der Waals surface area contributed by atoms with Crippen molar-refractivity contribution in [1.29, 1.82) is 0 Å². The number of rotatable bonds is 4. The van der Waals surface area contributed by atoms with E-state index < -0.39 is 0 Å². The zero-order valence-electron chi connectivity index (χ0n) is 14.4. The van der Waals surface area contributed by atoms with Gasteiger partial charge in [-0.15, -0.1) is 0 Å². The van der Waals surface area contributed by atoms with Gasteiger partial charge < -0.3 is 10.1 Å². The molecule has 4 saturated carbocycles. The van der Waals surface area contributed by atoms with Crippen LogP contribution in [-0.2, 0) is 19.2 Å². The Kier molecular flexibility index (Phi) is 4.07. The molecule has 0 aromatic carbocycles. The molecule has 0 radical (unpaired) electrons. The molecule has 134 valence electrons. The Bertz CT molecular complexity index is 515. The fourth-order valence-corrected chi connectivity index (χ4v) is 6.08. The number of hydroxylamine groups is 1. The minimum atomic E-state index is -0.388. The van der Waals surface area contributed by atoms with Crippen molar-refractivity contribution >= 4 is 11.8 Å². The third-order valence-electron chi connectivity index (χ3n) is 6.40. The fourth-order valence-electron chi connectivity index (χ4n) is 6.08. The monoisotopic (exact) mass is 336 g/mol. The molecule has 3 atom stereocenters. The lowest BCUT2D eigenvalue weighted by atomic mass is 9.46. The van der Waals surface area contributed by atoms with Crippen molar-refractivity contribution in [2.75, 3.05) is 6.61 Å². The molecule has 0 aromatic rings. The highest BCUT2D eigenvalue weighted by Crippen LogP contribution is 2.61. The topological polar surface area (TPSA) is 76.7 Å². The smallest absolute Gasteiger partial charge is 0.249 e. The molecule has 3 unspecified atom stereocenters. The van der Waals surface area contributed by atoms with Gasteiger partial charge in [0.1, 0.15) is 0 Å². The minimum absolute atomic E-state index is 0.0133. The van der Waals surface area contributed by atoms with Crippen LogP contribution < -0.4 is 10.8 Å². The van der Waals surface area contributed by atoms with Gasteiger partial charge >= 0.3 is 0 Å². The maximum Gasteiger partial charge on any atom is 0.249 e. The van der Waals surface area contributed by atoms with E-state index in [2.05, 4.69) is 10.8 Å². The number of nitrogens with one attached hydrogen (secondary N) is 2. The Hall–Kier alpha value is -1.14. The molecule has 0 aromatic heterocycles. The number of ether oxygens (including phenoxy) is 1. The molecule has 2 N–H and O–H groups in total. The average Bonchev–Trinajstić information content (AvgIpc) is 2.51. The van der Waals surface area contributed by atoms with Crippen LogP contribution in [-0.4, -0.2) is 30.3 Å². The molecule has 4 aliphatic carbocycles. The predicted octanol–water partition coefficient (Wildman–Crippen LogP) is 2.04. The van der Waals surface area contributed by atoms with Crippen molar-refractivity contribution in [3.05, 3.63) is 0 Å². The zero-order valence-corrected chi connectivity index (χ0v) is 14.4. The van der Waals surface area contributed by atoms with Crippen LogP contribution in [0.1, 0.15) is 64.7 Å². The summed E-state index contributed by atoms with van der Waals surface area (Å²) in [6.45, 7) is 2.27. The Morgan fingerprint density at radius 3 is 2.50 bits per heavy atom. The SMILES string of the molecule is CC(=O)NC12CC3CC(C1)CC(C(=O)NOC1CCCCO1)(C3)C2. The van der Waals surface area contributed by atoms with Crippen LogP contribution in [0.2, 0.25) is 0 Å². The second kappa shape index (κ2) is 5.99. The van der Waals surface area contributed by atoms with Crippen LogP contribution in [0, 0.1) is 17.3 Å². The maximum atomic E-state index is 13.0. The molecular formula is C18H28N2O4. The van der Waals surface area contributed by atoms with E-state index in [0.717, 1.165) is 51.4 Å². The van der Waals surface area contributed by atoms with E-state index in [4.69, 9.17) is 9.57 Å². The van der Waals surface area contributed by atoms with Crippen LogP contribution in [0.3, 0.4) is 0 Å². The Balaban J connectivity index is 1.45. The summed E-state index contributed by atoms with van der Waals surface area (Å²) in [7, 11) is 0. The Labute approximate surface area is 143 Å². The lowest BCUT2D eigenvalue weighted by Gasteiger charge is -2.61. The molecule has 1 heterocycles. The second-order valence-electron chi connectivity index (χ2n) is 8.55. The van der Waals surface area contributed by atoms with Crippen molar-refractivity contribution in [3.8, 4) is 0 Å². The van der Waals surface area contributed by atoms with E-state index in [-0.39, 0.29) is 29.1 Å². The van der Waals surface area contributed by atoms with E-state index in [1.165, 1.54) is 6.42 Å². The first-order valence-electron chi connectivity index (χ1n) is 9.35. The van der Waals surface area contributed by atoms with E-state index >= 15 is 0 Å². The van der Waals surface area contributed by atoms with Gasteiger partial charge in [0.2, 0.25) is 11.8 Å². The number of carbonyl (C=O) groups excluding carboxylic acids is 2. The van der Waals surface area contributed by atoms with E-state index in [0.29, 0.717) is 18.4 Å². The van der Waals surface area contributed by atoms with E-state index in [1.54, 1.807) is 6.92 Å². The first kappa shape index (κ1) is 16.3. The van der Waals surface area contributed by atoms with Gasteiger partial charge in [-0.3, -0.25) is 9.59 Å². The molecule has 1 saturated heterocycles. The lowest BCUT2D eigenvalue weighted by molar-refractivity contribution is -0.210. The van der Waals surface area contributed by atoms with Gasteiger partial charge in [-0.05, 0) is 63.2 Å². The molecule has 5 rings (SSSR count). The molecule has 4 bridgehead atoms. The van der Waals surface area contributed by atoms with Gasteiger partial charge in [-0.2, -0.15) is 0 Å². The third kappa shape index (κ3) is 2.94. The lowest BCUT2D eigenvalue weighted by Crippen LogP contribution is -2.65. The molecule has 2 amide bonds. The molecular weight excluding hydrogens is 308 g/mol. The molecule has 6 nitrogen and oxygen atoms in total. The van der Waals surface area contributed by atoms with Gasteiger partial charge in [0.15, 0.2) is 6.29 Å². The first-order valence-corrected chi connectivity index (χ1v) is 9.35. The molecule has 1 aliphatic heterocycles. The molecule has 0 spiro atoms. The average molecular weight is 336 g/mol. The Morgan fingerprint density at radius 2 is 1.88 bits per heavy atom. The molecule has 5 aliphatic rings. The summed E-state index contributed by atoms with van der Waals surface area (Å²) in [5.41, 5.74) is 2.13. The first-order chi connectivity index (χ1) is 11.5. The van der Waals surface area contributed by atoms with Gasteiger partial charge in [0.25, 0.3) is 0 Å². The normalized spacial score (nSPS) is 43.5. The summed E-state index contributed by atoms with van der Waals surface area (Å²) in [4.78, 5) is 30.2. The predicted molar refractivity (Wildman–Crippen MR) is 86.5 cm³/mol. The van der Waals surface area contributed by atoms with Crippen LogP contribution in [0.15, 0.2) is 0 Å². The van der Waals surface area contributed by atoms with E-state index in [9.17, 15) is 9.59 Å². The molecule has 24 heavy (non-hydrogen) atoms. The quantitative estimate of drug-likeness (QED) is 0.770. The summed E-state index contributed by atoms with van der Waals surface area (Å²) in [6, 6.07) is 0. The summed E-state index contributed by atoms with van der Waals surface area (Å²) in [5, 5.41) is 3.19. The van der Waals surface area contributed by atoms with Gasteiger partial charge in [0, 0.05) is 25.5 Å². The third-order valence-corrected chi connectivity index (χ3v) is 6.40. The highest BCUT2D eigenvalue weighted by atomic mass is 16.8. The highest BCUT2D eigenvalue weighted by molar-refractivity contribution is 5.83. The van der Waals surface area contributed by atoms with Gasteiger partial charge in [-0.1, -0.05) is 0 Å².